The highest BCUT2D eigenvalue weighted by Crippen LogP contribution is 2.21. The van der Waals surface area contributed by atoms with Crippen molar-refractivity contribution in [2.24, 2.45) is 0 Å². The lowest BCUT2D eigenvalue weighted by atomic mass is 10.2. The minimum atomic E-state index is -0.180. The number of anilines is 2. The van der Waals surface area contributed by atoms with Gasteiger partial charge in [0.05, 0.1) is 0 Å². The Kier molecular flexibility index (Phi) is 6.42. The van der Waals surface area contributed by atoms with Crippen LogP contribution in [0.1, 0.15) is 33.3 Å². The Morgan fingerprint density at radius 1 is 0.913 bits per heavy atom. The van der Waals surface area contributed by atoms with Gasteiger partial charge in [-0.15, -0.1) is 0 Å². The summed E-state index contributed by atoms with van der Waals surface area (Å²) in [6, 6.07) is 5.33. The molecule has 6 nitrogen and oxygen atoms in total. The van der Waals surface area contributed by atoms with Gasteiger partial charge in [0.1, 0.15) is 0 Å². The van der Waals surface area contributed by atoms with Gasteiger partial charge in [0.15, 0.2) is 0 Å². The van der Waals surface area contributed by atoms with Crippen molar-refractivity contribution >= 4 is 23.4 Å². The van der Waals surface area contributed by atoms with Crippen LogP contribution in [0, 0.1) is 6.92 Å². The van der Waals surface area contributed by atoms with Crippen molar-refractivity contribution in [3.05, 3.63) is 23.8 Å². The van der Waals surface area contributed by atoms with Gasteiger partial charge < -0.3 is 20.4 Å². The molecule has 0 saturated heterocycles. The lowest BCUT2D eigenvalue weighted by molar-refractivity contribution is 0.211. The molecule has 128 valence electrons. The Balaban J connectivity index is 2.87. The molecule has 0 bridgehead atoms. The van der Waals surface area contributed by atoms with E-state index in [0.29, 0.717) is 11.4 Å². The number of amides is 4. The van der Waals surface area contributed by atoms with Crippen LogP contribution in [0.3, 0.4) is 0 Å². The Morgan fingerprint density at radius 3 is 1.87 bits per heavy atom. The second kappa shape index (κ2) is 7.85. The van der Waals surface area contributed by atoms with Crippen LogP contribution < -0.4 is 10.6 Å². The highest BCUT2D eigenvalue weighted by molar-refractivity contribution is 5.93. The van der Waals surface area contributed by atoms with Crippen LogP contribution in [-0.2, 0) is 0 Å². The number of aryl methyl sites for hydroxylation is 1. The van der Waals surface area contributed by atoms with Crippen molar-refractivity contribution in [2.75, 3.05) is 24.7 Å². The maximum Gasteiger partial charge on any atom is 0.321 e. The van der Waals surface area contributed by atoms with Gasteiger partial charge in [-0.3, -0.25) is 0 Å². The predicted octanol–water partition coefficient (Wildman–Crippen LogP) is 3.74. The minimum absolute atomic E-state index is 0.109. The smallest absolute Gasteiger partial charge is 0.321 e. The first-order valence-corrected chi connectivity index (χ1v) is 7.81. The summed E-state index contributed by atoms with van der Waals surface area (Å²) >= 11 is 0. The molecule has 0 spiro atoms. The zero-order valence-corrected chi connectivity index (χ0v) is 15.1. The van der Waals surface area contributed by atoms with Crippen LogP contribution >= 0.6 is 0 Å². The number of nitrogens with zero attached hydrogens (tertiary/aromatic N) is 2. The molecule has 1 aromatic rings. The molecule has 6 heteroatoms. The lowest BCUT2D eigenvalue weighted by Crippen LogP contribution is -2.37. The molecule has 1 aromatic carbocycles. The first kappa shape index (κ1) is 18.8. The molecule has 0 heterocycles. The molecule has 0 saturated carbocycles. The molecule has 2 N–H and O–H groups in total. The van der Waals surface area contributed by atoms with Crippen LogP contribution in [0.15, 0.2) is 18.2 Å². The quantitative estimate of drug-likeness (QED) is 0.887. The molecule has 23 heavy (non-hydrogen) atoms. The summed E-state index contributed by atoms with van der Waals surface area (Å²) in [5.74, 6) is 0. The van der Waals surface area contributed by atoms with E-state index in [2.05, 4.69) is 10.6 Å². The number of urea groups is 2. The van der Waals surface area contributed by atoms with Crippen molar-refractivity contribution < 1.29 is 9.59 Å². The summed E-state index contributed by atoms with van der Waals surface area (Å²) in [6.45, 7) is 9.71. The highest BCUT2D eigenvalue weighted by atomic mass is 16.2. The van der Waals surface area contributed by atoms with Crippen LogP contribution in [0.5, 0.6) is 0 Å². The van der Waals surface area contributed by atoms with Gasteiger partial charge >= 0.3 is 12.1 Å². The summed E-state index contributed by atoms with van der Waals surface area (Å²) in [4.78, 5) is 27.5. The SMILES string of the molecule is Cc1ccc(NC(=O)N(C)C(C)C)cc1NC(=O)N(C)C(C)C. The number of carbonyl (C=O) groups is 2. The fraction of sp³-hybridized carbons (Fsp3) is 0.529. The number of benzene rings is 1. The van der Waals surface area contributed by atoms with Gasteiger partial charge in [0.25, 0.3) is 0 Å². The molecule has 0 aliphatic carbocycles. The van der Waals surface area contributed by atoms with E-state index in [4.69, 9.17) is 0 Å². The maximum absolute atomic E-state index is 12.2. The Bertz CT molecular complexity index is 570. The van der Waals surface area contributed by atoms with E-state index in [-0.39, 0.29) is 24.1 Å². The molecule has 0 atom stereocenters. The standard InChI is InChI=1S/C17H28N4O2/c1-11(2)20(6)16(22)18-14-9-8-13(5)15(10-14)19-17(23)21(7)12(3)4/h8-12H,1-7H3,(H,18,22)(H,19,23). The van der Waals surface area contributed by atoms with Gasteiger partial charge in [-0.05, 0) is 52.3 Å². The molecule has 0 aliphatic rings. The number of carbonyl (C=O) groups excluding carboxylic acids is 2. The van der Waals surface area contributed by atoms with Crippen LogP contribution in [0.25, 0.3) is 0 Å². The van der Waals surface area contributed by atoms with Gasteiger partial charge in [-0.1, -0.05) is 6.07 Å². The second-order valence-corrected chi connectivity index (χ2v) is 6.30. The van der Waals surface area contributed by atoms with E-state index in [1.807, 2.05) is 46.8 Å². The first-order valence-electron chi connectivity index (χ1n) is 7.81. The number of nitrogens with one attached hydrogen (secondary N) is 2. The van der Waals surface area contributed by atoms with E-state index in [1.54, 1.807) is 30.0 Å². The molecular formula is C17H28N4O2. The van der Waals surface area contributed by atoms with Gasteiger partial charge in [0.2, 0.25) is 0 Å². The number of hydrogen-bond donors (Lipinski definition) is 2. The van der Waals surface area contributed by atoms with Gasteiger partial charge in [0, 0.05) is 37.6 Å². The van der Waals surface area contributed by atoms with Gasteiger partial charge in [-0.2, -0.15) is 0 Å². The van der Waals surface area contributed by atoms with Crippen LogP contribution in [0.4, 0.5) is 21.0 Å². The van der Waals surface area contributed by atoms with E-state index in [9.17, 15) is 9.59 Å². The maximum atomic E-state index is 12.2. The third-order valence-corrected chi connectivity index (χ3v) is 3.92. The van der Waals surface area contributed by atoms with Gasteiger partial charge in [-0.25, -0.2) is 9.59 Å². The predicted molar refractivity (Wildman–Crippen MR) is 95.0 cm³/mol. The van der Waals surface area contributed by atoms with Crippen molar-refractivity contribution in [2.45, 2.75) is 46.7 Å². The van der Waals surface area contributed by atoms with E-state index >= 15 is 0 Å². The zero-order valence-electron chi connectivity index (χ0n) is 15.1. The fourth-order valence-corrected chi connectivity index (χ4v) is 1.72. The summed E-state index contributed by atoms with van der Waals surface area (Å²) in [7, 11) is 3.49. The largest absolute Gasteiger partial charge is 0.325 e. The molecule has 1 rings (SSSR count). The number of rotatable bonds is 4. The third-order valence-electron chi connectivity index (χ3n) is 3.92. The normalized spacial score (nSPS) is 10.7. The summed E-state index contributed by atoms with van der Waals surface area (Å²) in [5.41, 5.74) is 2.27. The Labute approximate surface area is 138 Å². The summed E-state index contributed by atoms with van der Waals surface area (Å²) in [5, 5.41) is 5.72. The molecule has 0 fully saturated rings. The Morgan fingerprint density at radius 2 is 1.39 bits per heavy atom. The molecule has 4 amide bonds. The Hall–Kier alpha value is -2.24. The van der Waals surface area contributed by atoms with E-state index < -0.39 is 0 Å². The number of hydrogen-bond acceptors (Lipinski definition) is 2. The highest BCUT2D eigenvalue weighted by Gasteiger charge is 2.15. The molecule has 0 aliphatic heterocycles. The fourth-order valence-electron chi connectivity index (χ4n) is 1.72. The average Bonchev–Trinajstić information content (AvgIpc) is 2.48. The topological polar surface area (TPSA) is 64.7 Å². The molecule has 0 aromatic heterocycles. The summed E-state index contributed by atoms with van der Waals surface area (Å²) in [6.07, 6.45) is 0. The molecule has 0 unspecified atom stereocenters. The zero-order chi connectivity index (χ0) is 17.7. The van der Waals surface area contributed by atoms with Crippen LogP contribution in [0.2, 0.25) is 0 Å². The third kappa shape index (κ3) is 5.16. The average molecular weight is 320 g/mol. The van der Waals surface area contributed by atoms with Crippen LogP contribution in [-0.4, -0.2) is 48.0 Å². The minimum Gasteiger partial charge on any atom is -0.325 e. The second-order valence-electron chi connectivity index (χ2n) is 6.30. The van der Waals surface area contributed by atoms with Crippen molar-refractivity contribution in [3.63, 3.8) is 0 Å². The lowest BCUT2D eigenvalue weighted by Gasteiger charge is -2.23. The molecular weight excluding hydrogens is 292 g/mol. The van der Waals surface area contributed by atoms with Crippen molar-refractivity contribution in [1.82, 2.24) is 9.80 Å². The molecule has 0 radical (unpaired) electrons. The monoisotopic (exact) mass is 320 g/mol. The van der Waals surface area contributed by atoms with E-state index in [0.717, 1.165) is 5.56 Å². The van der Waals surface area contributed by atoms with Crippen molar-refractivity contribution in [3.8, 4) is 0 Å². The van der Waals surface area contributed by atoms with E-state index in [1.165, 1.54) is 0 Å². The van der Waals surface area contributed by atoms with Crippen molar-refractivity contribution in [1.29, 1.82) is 0 Å². The summed E-state index contributed by atoms with van der Waals surface area (Å²) < 4.78 is 0. The first-order chi connectivity index (χ1) is 10.6.